The summed E-state index contributed by atoms with van der Waals surface area (Å²) < 4.78 is 0. The first-order valence-electron chi connectivity index (χ1n) is 4.47. The zero-order valence-corrected chi connectivity index (χ0v) is 8.85. The maximum absolute atomic E-state index is 9.90. The lowest BCUT2D eigenvalue weighted by atomic mass is 10.2. The van der Waals surface area contributed by atoms with E-state index in [1.165, 1.54) is 0 Å². The normalized spacial score (nSPS) is 8.50. The fraction of sp³-hybridized carbons (Fsp3) is 0.500. The van der Waals surface area contributed by atoms with Crippen molar-refractivity contribution in [1.82, 2.24) is 0 Å². The van der Waals surface area contributed by atoms with Gasteiger partial charge >= 0.3 is 11.9 Å². The van der Waals surface area contributed by atoms with E-state index in [2.05, 4.69) is 0 Å². The Labute approximate surface area is 92.9 Å². The van der Waals surface area contributed by atoms with Crippen molar-refractivity contribution in [2.24, 2.45) is 22.9 Å². The average molecular weight is 234 g/mol. The minimum absolute atomic E-state index is 0.0185. The zero-order chi connectivity index (χ0) is 13.1. The van der Waals surface area contributed by atoms with E-state index in [0.717, 1.165) is 0 Å². The van der Waals surface area contributed by atoms with Gasteiger partial charge in [0.25, 0.3) is 0 Å². The summed E-state index contributed by atoms with van der Waals surface area (Å²) in [7, 11) is 0. The van der Waals surface area contributed by atoms with Gasteiger partial charge in [-0.1, -0.05) is 0 Å². The maximum Gasteiger partial charge on any atom is 0.303 e. The highest BCUT2D eigenvalue weighted by atomic mass is 16.4. The average Bonchev–Trinajstić information content (AvgIpc) is 2.12. The molecule has 16 heavy (non-hydrogen) atoms. The number of rotatable bonds is 5. The van der Waals surface area contributed by atoms with Crippen LogP contribution in [0.4, 0.5) is 0 Å². The SMILES string of the molecule is NC(N)=C(N)N.O=C(O)CCCCC(=O)O. The van der Waals surface area contributed by atoms with Gasteiger partial charge in [0, 0.05) is 12.8 Å². The Kier molecular flexibility index (Phi) is 9.62. The molecule has 10 N–H and O–H groups in total. The Balaban J connectivity index is 0. The summed E-state index contributed by atoms with van der Waals surface area (Å²) in [5.41, 5.74) is 19.4. The van der Waals surface area contributed by atoms with E-state index in [-0.39, 0.29) is 24.5 Å². The lowest BCUT2D eigenvalue weighted by molar-refractivity contribution is -0.139. The number of unbranched alkanes of at least 4 members (excludes halogenated alkanes) is 1. The molecule has 0 radical (unpaired) electrons. The van der Waals surface area contributed by atoms with Crippen molar-refractivity contribution in [1.29, 1.82) is 0 Å². The van der Waals surface area contributed by atoms with Crippen molar-refractivity contribution in [2.75, 3.05) is 0 Å². The number of carboxylic acids is 2. The number of hydrogen-bond donors (Lipinski definition) is 6. The molecule has 0 atom stereocenters. The predicted octanol–water partition coefficient (Wildman–Crippen LogP) is -1.34. The van der Waals surface area contributed by atoms with Crippen molar-refractivity contribution in [3.8, 4) is 0 Å². The second-order valence-electron chi connectivity index (χ2n) is 2.91. The molecule has 8 heteroatoms. The number of carbonyl (C=O) groups is 2. The molecule has 0 unspecified atom stereocenters. The topological polar surface area (TPSA) is 179 Å². The Hall–Kier alpha value is -2.12. The Morgan fingerprint density at radius 2 is 1.00 bits per heavy atom. The van der Waals surface area contributed by atoms with Gasteiger partial charge in [0.15, 0.2) is 0 Å². The molecule has 0 aliphatic carbocycles. The van der Waals surface area contributed by atoms with Crippen LogP contribution in [-0.4, -0.2) is 22.2 Å². The molecule has 0 aliphatic rings. The minimum atomic E-state index is -0.870. The van der Waals surface area contributed by atoms with Crippen LogP contribution in [0.5, 0.6) is 0 Å². The van der Waals surface area contributed by atoms with Crippen LogP contribution in [0.2, 0.25) is 0 Å². The van der Waals surface area contributed by atoms with Crippen molar-refractivity contribution >= 4 is 11.9 Å². The first-order chi connectivity index (χ1) is 7.27. The quantitative estimate of drug-likeness (QED) is 0.316. The van der Waals surface area contributed by atoms with Gasteiger partial charge < -0.3 is 33.1 Å². The third kappa shape index (κ3) is 17.8. The van der Waals surface area contributed by atoms with Crippen LogP contribution in [0.15, 0.2) is 11.6 Å². The van der Waals surface area contributed by atoms with E-state index < -0.39 is 11.9 Å². The summed E-state index contributed by atoms with van der Waals surface area (Å²) in [6, 6.07) is 0. The smallest absolute Gasteiger partial charge is 0.303 e. The lowest BCUT2D eigenvalue weighted by Crippen LogP contribution is -2.22. The number of hydrogen-bond acceptors (Lipinski definition) is 6. The van der Waals surface area contributed by atoms with Gasteiger partial charge in [-0.25, -0.2) is 0 Å². The van der Waals surface area contributed by atoms with Crippen LogP contribution < -0.4 is 22.9 Å². The van der Waals surface area contributed by atoms with E-state index in [4.69, 9.17) is 33.1 Å². The molecular formula is C8H18N4O4. The lowest BCUT2D eigenvalue weighted by Gasteiger charge is -1.92. The van der Waals surface area contributed by atoms with Crippen LogP contribution in [0, 0.1) is 0 Å². The minimum Gasteiger partial charge on any atom is -0.481 e. The van der Waals surface area contributed by atoms with Crippen LogP contribution in [-0.2, 0) is 9.59 Å². The molecule has 94 valence electrons. The summed E-state index contributed by atoms with van der Waals surface area (Å²) >= 11 is 0. The van der Waals surface area contributed by atoms with E-state index >= 15 is 0 Å². The summed E-state index contributed by atoms with van der Waals surface area (Å²) in [6.45, 7) is 0. The van der Waals surface area contributed by atoms with Crippen molar-refractivity contribution in [3.63, 3.8) is 0 Å². The van der Waals surface area contributed by atoms with E-state index in [1.54, 1.807) is 0 Å². The van der Waals surface area contributed by atoms with Crippen molar-refractivity contribution in [3.05, 3.63) is 11.6 Å². The largest absolute Gasteiger partial charge is 0.481 e. The van der Waals surface area contributed by atoms with Crippen LogP contribution in [0.1, 0.15) is 25.7 Å². The molecule has 8 nitrogen and oxygen atoms in total. The van der Waals surface area contributed by atoms with Crippen molar-refractivity contribution in [2.45, 2.75) is 25.7 Å². The second-order valence-corrected chi connectivity index (χ2v) is 2.91. The van der Waals surface area contributed by atoms with Gasteiger partial charge in [-0.3, -0.25) is 9.59 Å². The molecule has 0 fully saturated rings. The van der Waals surface area contributed by atoms with Gasteiger partial charge in [0.05, 0.1) is 0 Å². The maximum atomic E-state index is 9.90. The summed E-state index contributed by atoms with van der Waals surface area (Å²) in [4.78, 5) is 19.8. The van der Waals surface area contributed by atoms with Gasteiger partial charge in [-0.2, -0.15) is 0 Å². The highest BCUT2D eigenvalue weighted by Crippen LogP contribution is 1.98. The highest BCUT2D eigenvalue weighted by molar-refractivity contribution is 5.67. The fourth-order valence-corrected chi connectivity index (χ4v) is 0.552. The molecular weight excluding hydrogens is 216 g/mol. The van der Waals surface area contributed by atoms with Gasteiger partial charge in [0.2, 0.25) is 0 Å². The standard InChI is InChI=1S/C6H10O4.C2H8N4/c7-5(8)3-1-2-4-6(9)10;3-1(4)2(5)6/h1-4H2,(H,7,8)(H,9,10);3-6H2. The van der Waals surface area contributed by atoms with Crippen LogP contribution >= 0.6 is 0 Å². The van der Waals surface area contributed by atoms with E-state index in [1.807, 2.05) is 0 Å². The van der Waals surface area contributed by atoms with E-state index in [0.29, 0.717) is 12.8 Å². The number of nitrogens with two attached hydrogens (primary N) is 4. The van der Waals surface area contributed by atoms with Gasteiger partial charge in [0.1, 0.15) is 11.6 Å². The summed E-state index contributed by atoms with van der Waals surface area (Å²) in [5.74, 6) is -1.78. The van der Waals surface area contributed by atoms with Crippen LogP contribution in [0.25, 0.3) is 0 Å². The molecule has 0 aromatic heterocycles. The van der Waals surface area contributed by atoms with Gasteiger partial charge in [-0.15, -0.1) is 0 Å². The Morgan fingerprint density at radius 1 is 0.750 bits per heavy atom. The Morgan fingerprint density at radius 3 is 1.12 bits per heavy atom. The molecule has 0 spiro atoms. The molecule has 0 aromatic rings. The van der Waals surface area contributed by atoms with Crippen molar-refractivity contribution < 1.29 is 19.8 Å². The third-order valence-electron chi connectivity index (χ3n) is 1.36. The molecule has 0 aliphatic heterocycles. The van der Waals surface area contributed by atoms with Crippen LogP contribution in [0.3, 0.4) is 0 Å². The molecule has 0 heterocycles. The second kappa shape index (κ2) is 9.44. The molecule has 0 bridgehead atoms. The fourth-order valence-electron chi connectivity index (χ4n) is 0.552. The van der Waals surface area contributed by atoms with Gasteiger partial charge in [-0.05, 0) is 12.8 Å². The first-order valence-corrected chi connectivity index (χ1v) is 4.47. The molecule has 0 saturated heterocycles. The third-order valence-corrected chi connectivity index (χ3v) is 1.36. The molecule has 0 aromatic carbocycles. The highest BCUT2D eigenvalue weighted by Gasteiger charge is 1.99. The summed E-state index contributed by atoms with van der Waals surface area (Å²) in [5, 5.41) is 16.3. The monoisotopic (exact) mass is 234 g/mol. The zero-order valence-electron chi connectivity index (χ0n) is 8.85. The first kappa shape index (κ1) is 16.3. The molecule has 0 saturated carbocycles. The van der Waals surface area contributed by atoms with E-state index in [9.17, 15) is 9.59 Å². The molecule has 0 amide bonds. The molecule has 0 rings (SSSR count). The summed E-state index contributed by atoms with van der Waals surface area (Å²) in [6.07, 6.45) is 1.02. The predicted molar refractivity (Wildman–Crippen MR) is 57.5 cm³/mol. The Bertz CT molecular complexity index is 231. The number of aliphatic carboxylic acids is 2. The number of carboxylic acid groups (broad SMARTS) is 2.